The Labute approximate surface area is 94.0 Å². The van der Waals surface area contributed by atoms with Gasteiger partial charge in [-0.25, -0.2) is 24.6 Å². The van der Waals surface area contributed by atoms with Crippen LogP contribution in [0.15, 0.2) is 12.3 Å². The molecular weight excluding hydrogens is 244 g/mol. The number of rotatable bonds is 6. The van der Waals surface area contributed by atoms with Gasteiger partial charge in [-0.05, 0) is 0 Å². The van der Waals surface area contributed by atoms with Crippen LogP contribution in [0.2, 0.25) is 0 Å². The molecule has 0 atom stereocenters. The number of hydrazine groups is 1. The molecule has 1 aromatic rings. The summed E-state index contributed by atoms with van der Waals surface area (Å²) in [6.07, 6.45) is -2.44. The van der Waals surface area contributed by atoms with Crippen molar-refractivity contribution in [2.45, 2.75) is 19.0 Å². The minimum atomic E-state index is -4.18. The van der Waals surface area contributed by atoms with Crippen LogP contribution in [0.1, 0.15) is 5.82 Å². The van der Waals surface area contributed by atoms with Gasteiger partial charge in [0.15, 0.2) is 5.82 Å². The first-order valence-corrected chi connectivity index (χ1v) is 4.48. The first-order chi connectivity index (χ1) is 7.95. The fourth-order valence-corrected chi connectivity index (χ4v) is 0.890. The van der Waals surface area contributed by atoms with Gasteiger partial charge in [0, 0.05) is 12.3 Å². The zero-order valence-corrected chi connectivity index (χ0v) is 8.54. The Hall–Kier alpha value is -1.48. The van der Waals surface area contributed by atoms with E-state index in [2.05, 4.69) is 20.1 Å². The summed E-state index contributed by atoms with van der Waals surface area (Å²) in [5.74, 6) is 1.20. The predicted molar refractivity (Wildman–Crippen MR) is 50.4 cm³/mol. The van der Waals surface area contributed by atoms with E-state index >= 15 is 0 Å². The highest BCUT2D eigenvalue weighted by molar-refractivity contribution is 5.30. The second-order valence-electron chi connectivity index (χ2n) is 3.06. The van der Waals surface area contributed by atoms with Crippen LogP contribution in [0, 0.1) is 0 Å². The van der Waals surface area contributed by atoms with Gasteiger partial charge in [-0.2, -0.15) is 8.78 Å². The van der Waals surface area contributed by atoms with E-state index in [9.17, 15) is 17.6 Å². The van der Waals surface area contributed by atoms with Crippen LogP contribution >= 0.6 is 0 Å². The molecule has 0 bridgehead atoms. The Bertz CT molecular complexity index is 363. The summed E-state index contributed by atoms with van der Waals surface area (Å²) in [4.78, 5) is 7.44. The maximum absolute atomic E-state index is 12.4. The number of aromatic nitrogens is 2. The number of anilines is 1. The zero-order chi connectivity index (χ0) is 12.9. The fraction of sp³-hybridized carbons (Fsp3) is 0.500. The van der Waals surface area contributed by atoms with Gasteiger partial charge in [0.1, 0.15) is 19.0 Å². The van der Waals surface area contributed by atoms with Crippen molar-refractivity contribution < 1.29 is 22.3 Å². The Morgan fingerprint density at radius 1 is 1.47 bits per heavy atom. The van der Waals surface area contributed by atoms with Gasteiger partial charge in [0.2, 0.25) is 0 Å². The third-order valence-electron chi connectivity index (χ3n) is 1.70. The molecule has 0 aliphatic carbocycles. The molecule has 1 rings (SSSR count). The Morgan fingerprint density at radius 3 is 2.76 bits per heavy atom. The lowest BCUT2D eigenvalue weighted by molar-refractivity contribution is -0.168. The fourth-order valence-electron chi connectivity index (χ4n) is 0.890. The second-order valence-corrected chi connectivity index (χ2v) is 3.06. The maximum Gasteiger partial charge on any atom is 0.330 e. The number of hydrogen-bond donors (Lipinski definition) is 2. The number of nitrogens with two attached hydrogens (primary N) is 1. The highest BCUT2D eigenvalue weighted by Gasteiger charge is 2.40. The number of nitrogens with one attached hydrogen (secondary N) is 1. The van der Waals surface area contributed by atoms with E-state index in [1.807, 2.05) is 0 Å². The van der Waals surface area contributed by atoms with Crippen molar-refractivity contribution in [2.24, 2.45) is 5.84 Å². The average Bonchev–Trinajstić information content (AvgIpc) is 2.29. The minimum Gasteiger partial charge on any atom is -0.367 e. The molecule has 3 N–H and O–H groups in total. The largest absolute Gasteiger partial charge is 0.367 e. The predicted octanol–water partition coefficient (Wildman–Crippen LogP) is 1.18. The second kappa shape index (κ2) is 5.73. The SMILES string of the molecule is NNc1ccnc(COCC(F)(F)C(F)F)n1. The van der Waals surface area contributed by atoms with Crippen LogP contribution in [0.5, 0.6) is 0 Å². The van der Waals surface area contributed by atoms with Crippen molar-refractivity contribution in [2.75, 3.05) is 12.0 Å². The third kappa shape index (κ3) is 4.11. The maximum atomic E-state index is 12.4. The first-order valence-electron chi connectivity index (χ1n) is 4.48. The topological polar surface area (TPSA) is 73.1 Å². The van der Waals surface area contributed by atoms with Crippen molar-refractivity contribution in [3.63, 3.8) is 0 Å². The molecule has 0 saturated carbocycles. The van der Waals surface area contributed by atoms with Gasteiger partial charge in [0.25, 0.3) is 0 Å². The van der Waals surface area contributed by atoms with Gasteiger partial charge in [-0.3, -0.25) is 0 Å². The Kier molecular flexibility index (Phi) is 4.58. The lowest BCUT2D eigenvalue weighted by atomic mass is 10.4. The normalized spacial score (nSPS) is 11.9. The van der Waals surface area contributed by atoms with Gasteiger partial charge >= 0.3 is 12.3 Å². The van der Waals surface area contributed by atoms with E-state index < -0.39 is 25.6 Å². The van der Waals surface area contributed by atoms with Crippen molar-refractivity contribution in [1.29, 1.82) is 0 Å². The number of ether oxygens (including phenoxy) is 1. The van der Waals surface area contributed by atoms with E-state index in [0.717, 1.165) is 0 Å². The summed E-state index contributed by atoms with van der Waals surface area (Å²) >= 11 is 0. The standard InChI is InChI=1S/C8H10F4N4O/c9-7(10)8(11,12)4-17-3-6-14-2-1-5(15-6)16-13/h1-2,7H,3-4,13H2,(H,14,15,16). The molecular formula is C8H10F4N4O. The van der Waals surface area contributed by atoms with Crippen molar-refractivity contribution in [1.82, 2.24) is 9.97 Å². The van der Waals surface area contributed by atoms with Crippen molar-refractivity contribution >= 4 is 5.82 Å². The first kappa shape index (κ1) is 13.6. The molecule has 0 fully saturated rings. The monoisotopic (exact) mass is 254 g/mol. The molecule has 0 spiro atoms. The van der Waals surface area contributed by atoms with Crippen LogP contribution in [-0.2, 0) is 11.3 Å². The molecule has 0 aliphatic heterocycles. The zero-order valence-electron chi connectivity index (χ0n) is 8.54. The summed E-state index contributed by atoms with van der Waals surface area (Å²) in [6, 6.07) is 1.44. The van der Waals surface area contributed by atoms with E-state index in [-0.39, 0.29) is 11.6 Å². The van der Waals surface area contributed by atoms with Gasteiger partial charge in [-0.1, -0.05) is 0 Å². The summed E-state index contributed by atoms with van der Waals surface area (Å²) in [6.45, 7) is -1.80. The molecule has 0 saturated heterocycles. The third-order valence-corrected chi connectivity index (χ3v) is 1.70. The lowest BCUT2D eigenvalue weighted by Gasteiger charge is -2.14. The molecule has 17 heavy (non-hydrogen) atoms. The van der Waals surface area contributed by atoms with Crippen LogP contribution in [-0.4, -0.2) is 28.9 Å². The molecule has 0 unspecified atom stereocenters. The van der Waals surface area contributed by atoms with Crippen molar-refractivity contribution in [3.05, 3.63) is 18.1 Å². The lowest BCUT2D eigenvalue weighted by Crippen LogP contribution is -2.32. The number of hydrogen-bond acceptors (Lipinski definition) is 5. The van der Waals surface area contributed by atoms with Gasteiger partial charge in [-0.15, -0.1) is 0 Å². The highest BCUT2D eigenvalue weighted by atomic mass is 19.3. The van der Waals surface area contributed by atoms with Gasteiger partial charge in [0.05, 0.1) is 0 Å². The van der Waals surface area contributed by atoms with Gasteiger partial charge < -0.3 is 10.2 Å². The highest BCUT2D eigenvalue weighted by Crippen LogP contribution is 2.23. The van der Waals surface area contributed by atoms with Crippen LogP contribution < -0.4 is 11.3 Å². The number of nitrogens with zero attached hydrogens (tertiary/aromatic N) is 2. The van der Waals surface area contributed by atoms with Crippen molar-refractivity contribution in [3.8, 4) is 0 Å². The molecule has 1 aromatic heterocycles. The molecule has 0 aliphatic rings. The van der Waals surface area contributed by atoms with E-state index in [1.165, 1.54) is 12.3 Å². The summed E-state index contributed by atoms with van der Waals surface area (Å²) in [7, 11) is 0. The summed E-state index contributed by atoms with van der Waals surface area (Å²) in [5.41, 5.74) is 2.22. The molecule has 0 radical (unpaired) electrons. The number of alkyl halides is 4. The number of nitrogen functional groups attached to an aromatic ring is 1. The van der Waals surface area contributed by atoms with Crippen LogP contribution in [0.3, 0.4) is 0 Å². The average molecular weight is 254 g/mol. The molecule has 5 nitrogen and oxygen atoms in total. The quantitative estimate of drug-likeness (QED) is 0.453. The van der Waals surface area contributed by atoms with Crippen LogP contribution in [0.4, 0.5) is 23.4 Å². The minimum absolute atomic E-state index is 0.0607. The van der Waals surface area contributed by atoms with Crippen LogP contribution in [0.25, 0.3) is 0 Å². The summed E-state index contributed by atoms with van der Waals surface area (Å²) in [5, 5.41) is 0. The van der Waals surface area contributed by atoms with E-state index in [0.29, 0.717) is 0 Å². The Morgan fingerprint density at radius 2 is 2.18 bits per heavy atom. The molecule has 1 heterocycles. The molecule has 96 valence electrons. The van der Waals surface area contributed by atoms with E-state index in [1.54, 1.807) is 0 Å². The number of halogens is 4. The molecule has 9 heteroatoms. The molecule has 0 amide bonds. The smallest absolute Gasteiger partial charge is 0.330 e. The van der Waals surface area contributed by atoms with E-state index in [4.69, 9.17) is 5.84 Å². The molecule has 0 aromatic carbocycles. The summed E-state index contributed by atoms with van der Waals surface area (Å²) < 4.78 is 52.9. The Balaban J connectivity index is 2.45.